The zero-order valence-electron chi connectivity index (χ0n) is 13.8. The highest BCUT2D eigenvalue weighted by molar-refractivity contribution is 5.94. The maximum Gasteiger partial charge on any atom is 0.335 e. The van der Waals surface area contributed by atoms with E-state index in [0.717, 1.165) is 5.56 Å². The highest BCUT2D eigenvalue weighted by Crippen LogP contribution is 2.21. The largest absolute Gasteiger partial charge is 0.478 e. The lowest BCUT2D eigenvalue weighted by molar-refractivity contribution is -0.116. The molecule has 0 heterocycles. The third kappa shape index (κ3) is 4.93. The second-order valence-electron chi connectivity index (χ2n) is 5.72. The van der Waals surface area contributed by atoms with Gasteiger partial charge in [-0.15, -0.1) is 0 Å². The van der Waals surface area contributed by atoms with Gasteiger partial charge in [0.25, 0.3) is 0 Å². The molecule has 0 aliphatic heterocycles. The Morgan fingerprint density at radius 2 is 1.88 bits per heavy atom. The lowest BCUT2D eigenvalue weighted by atomic mass is 9.97. The second-order valence-corrected chi connectivity index (χ2v) is 5.72. The van der Waals surface area contributed by atoms with E-state index < -0.39 is 5.97 Å². The molecule has 0 aromatic heterocycles. The Morgan fingerprint density at radius 1 is 1.17 bits per heavy atom. The van der Waals surface area contributed by atoms with Crippen LogP contribution >= 0.6 is 0 Å². The van der Waals surface area contributed by atoms with Gasteiger partial charge in [-0.25, -0.2) is 4.79 Å². The zero-order chi connectivity index (χ0) is 17.5. The average molecular weight is 327 g/mol. The van der Waals surface area contributed by atoms with Crippen molar-refractivity contribution in [3.8, 4) is 0 Å². The molecule has 0 aliphatic rings. The summed E-state index contributed by atoms with van der Waals surface area (Å²) >= 11 is 0. The molecule has 1 unspecified atom stereocenters. The number of carbonyl (C=O) groups is 2. The molecule has 5 nitrogen and oxygen atoms in total. The number of benzene rings is 2. The van der Waals surface area contributed by atoms with E-state index in [1.54, 1.807) is 6.07 Å². The van der Waals surface area contributed by atoms with Crippen LogP contribution in [0.5, 0.6) is 0 Å². The Balaban J connectivity index is 2.09. The van der Waals surface area contributed by atoms with E-state index in [4.69, 9.17) is 4.74 Å². The van der Waals surface area contributed by atoms with E-state index in [1.807, 2.05) is 37.3 Å². The average Bonchev–Trinajstić information content (AvgIpc) is 2.55. The van der Waals surface area contributed by atoms with E-state index in [0.29, 0.717) is 17.7 Å². The van der Waals surface area contributed by atoms with Gasteiger partial charge in [0.15, 0.2) is 0 Å². The molecule has 0 aliphatic carbocycles. The summed E-state index contributed by atoms with van der Waals surface area (Å²) in [6.07, 6.45) is 0.320. The van der Waals surface area contributed by atoms with Crippen molar-refractivity contribution in [1.82, 2.24) is 0 Å². The summed E-state index contributed by atoms with van der Waals surface area (Å²) < 4.78 is 5.04. The molecule has 0 radical (unpaired) electrons. The number of hydrogen-bond acceptors (Lipinski definition) is 3. The van der Waals surface area contributed by atoms with Crippen LogP contribution < -0.4 is 5.32 Å². The third-order valence-electron chi connectivity index (χ3n) is 3.69. The number of anilines is 1. The molecule has 126 valence electrons. The molecule has 2 rings (SSSR count). The molecular weight excluding hydrogens is 306 g/mol. The minimum absolute atomic E-state index is 0.0762. The summed E-state index contributed by atoms with van der Waals surface area (Å²) in [6, 6.07) is 14.5. The Bertz CT molecular complexity index is 713. The van der Waals surface area contributed by atoms with Crippen LogP contribution in [-0.2, 0) is 16.1 Å². The maximum absolute atomic E-state index is 12.3. The predicted octanol–water partition coefficient (Wildman–Crippen LogP) is 3.66. The van der Waals surface area contributed by atoms with E-state index in [9.17, 15) is 14.7 Å². The fourth-order valence-corrected chi connectivity index (χ4v) is 2.53. The van der Waals surface area contributed by atoms with Gasteiger partial charge in [-0.05, 0) is 35.2 Å². The van der Waals surface area contributed by atoms with Crippen molar-refractivity contribution in [3.63, 3.8) is 0 Å². The van der Waals surface area contributed by atoms with E-state index >= 15 is 0 Å². The Kier molecular flexibility index (Phi) is 6.09. The number of carboxylic acids is 1. The summed E-state index contributed by atoms with van der Waals surface area (Å²) in [6.45, 7) is 2.27. The summed E-state index contributed by atoms with van der Waals surface area (Å²) in [7, 11) is 1.53. The van der Waals surface area contributed by atoms with Gasteiger partial charge < -0.3 is 15.2 Å². The monoisotopic (exact) mass is 327 g/mol. The minimum atomic E-state index is -1.04. The van der Waals surface area contributed by atoms with Crippen LogP contribution in [0.2, 0.25) is 0 Å². The van der Waals surface area contributed by atoms with Crippen molar-refractivity contribution in [1.29, 1.82) is 0 Å². The molecule has 1 atom stereocenters. The van der Waals surface area contributed by atoms with Crippen LogP contribution in [0.15, 0.2) is 48.5 Å². The van der Waals surface area contributed by atoms with Gasteiger partial charge in [0, 0.05) is 19.2 Å². The normalized spacial score (nSPS) is 11.8. The fourth-order valence-electron chi connectivity index (χ4n) is 2.53. The number of carboxylic acid groups (broad SMARTS) is 1. The number of nitrogens with one attached hydrogen (secondary N) is 1. The molecule has 0 fully saturated rings. The Labute approximate surface area is 141 Å². The minimum Gasteiger partial charge on any atom is -0.478 e. The van der Waals surface area contributed by atoms with Crippen molar-refractivity contribution < 1.29 is 19.4 Å². The van der Waals surface area contributed by atoms with Gasteiger partial charge in [0.2, 0.25) is 5.91 Å². The van der Waals surface area contributed by atoms with E-state index in [2.05, 4.69) is 5.32 Å². The molecular formula is C19H21NO4. The van der Waals surface area contributed by atoms with E-state index in [1.165, 1.54) is 19.2 Å². The number of carbonyl (C=O) groups excluding carboxylic acids is 1. The number of ether oxygens (including phenoxy) is 1. The second kappa shape index (κ2) is 8.26. The van der Waals surface area contributed by atoms with Gasteiger partial charge in [-0.1, -0.05) is 37.3 Å². The molecule has 0 saturated carbocycles. The van der Waals surface area contributed by atoms with Crippen molar-refractivity contribution >= 4 is 17.6 Å². The van der Waals surface area contributed by atoms with Crippen LogP contribution in [0.25, 0.3) is 0 Å². The van der Waals surface area contributed by atoms with Crippen LogP contribution in [0.4, 0.5) is 5.69 Å². The Hall–Kier alpha value is -2.66. The zero-order valence-corrected chi connectivity index (χ0v) is 13.8. The van der Waals surface area contributed by atoms with Crippen molar-refractivity contribution in [3.05, 3.63) is 65.2 Å². The molecule has 5 heteroatoms. The van der Waals surface area contributed by atoms with Crippen molar-refractivity contribution in [2.75, 3.05) is 12.4 Å². The first-order valence-electron chi connectivity index (χ1n) is 7.70. The standard InChI is InChI=1S/C19H21NO4/c1-13(15-6-4-3-5-7-15)8-18(21)20-17-10-14(12-24-2)9-16(11-17)19(22)23/h3-7,9-11,13H,8,12H2,1-2H3,(H,20,21)(H,22,23). The third-order valence-corrected chi connectivity index (χ3v) is 3.69. The highest BCUT2D eigenvalue weighted by Gasteiger charge is 2.13. The van der Waals surface area contributed by atoms with Gasteiger partial charge >= 0.3 is 5.97 Å². The van der Waals surface area contributed by atoms with Crippen LogP contribution in [-0.4, -0.2) is 24.1 Å². The summed E-state index contributed by atoms with van der Waals surface area (Å²) in [5.74, 6) is -1.12. The van der Waals surface area contributed by atoms with Crippen LogP contribution in [0.3, 0.4) is 0 Å². The first kappa shape index (κ1) is 17.7. The summed E-state index contributed by atoms with van der Waals surface area (Å²) in [5.41, 5.74) is 2.37. The quantitative estimate of drug-likeness (QED) is 0.813. The van der Waals surface area contributed by atoms with Crippen molar-refractivity contribution in [2.45, 2.75) is 25.9 Å². The Morgan fingerprint density at radius 3 is 2.50 bits per heavy atom. The van der Waals surface area contributed by atoms with Crippen LogP contribution in [0.1, 0.15) is 40.7 Å². The van der Waals surface area contributed by atoms with Crippen molar-refractivity contribution in [2.24, 2.45) is 0 Å². The van der Waals surface area contributed by atoms with E-state index in [-0.39, 0.29) is 24.0 Å². The molecule has 1 amide bonds. The molecule has 0 bridgehead atoms. The van der Waals surface area contributed by atoms with Gasteiger partial charge in [-0.2, -0.15) is 0 Å². The van der Waals surface area contributed by atoms with Gasteiger partial charge in [-0.3, -0.25) is 4.79 Å². The predicted molar refractivity (Wildman–Crippen MR) is 92.2 cm³/mol. The molecule has 2 N–H and O–H groups in total. The number of rotatable bonds is 7. The maximum atomic E-state index is 12.3. The molecule has 2 aromatic carbocycles. The highest BCUT2D eigenvalue weighted by atomic mass is 16.5. The molecule has 0 saturated heterocycles. The lowest BCUT2D eigenvalue weighted by Gasteiger charge is -2.13. The number of hydrogen-bond donors (Lipinski definition) is 2. The number of amides is 1. The number of methoxy groups -OCH3 is 1. The lowest BCUT2D eigenvalue weighted by Crippen LogP contribution is -2.15. The topological polar surface area (TPSA) is 75.6 Å². The first-order chi connectivity index (χ1) is 11.5. The molecule has 24 heavy (non-hydrogen) atoms. The first-order valence-corrected chi connectivity index (χ1v) is 7.70. The van der Waals surface area contributed by atoms with Gasteiger partial charge in [0.05, 0.1) is 12.2 Å². The van der Waals surface area contributed by atoms with Crippen LogP contribution in [0, 0.1) is 0 Å². The fraction of sp³-hybridized carbons (Fsp3) is 0.263. The molecule has 0 spiro atoms. The summed E-state index contributed by atoms with van der Waals surface area (Å²) in [4.78, 5) is 23.5. The summed E-state index contributed by atoms with van der Waals surface area (Å²) in [5, 5.41) is 12.0. The number of aromatic carboxylic acids is 1. The SMILES string of the molecule is COCc1cc(NC(=O)CC(C)c2ccccc2)cc(C(=O)O)c1. The smallest absolute Gasteiger partial charge is 0.335 e. The van der Waals surface area contributed by atoms with Gasteiger partial charge in [0.1, 0.15) is 0 Å². The molecule has 2 aromatic rings.